The van der Waals surface area contributed by atoms with Crippen LogP contribution in [0.3, 0.4) is 0 Å². The highest BCUT2D eigenvalue weighted by molar-refractivity contribution is 6.16. The van der Waals surface area contributed by atoms with Crippen molar-refractivity contribution in [2.45, 2.75) is 71.7 Å². The second-order valence-electron chi connectivity index (χ2n) is 9.30. The third-order valence-corrected chi connectivity index (χ3v) is 3.69. The van der Waals surface area contributed by atoms with Crippen molar-refractivity contribution in [3.8, 4) is 0 Å². The van der Waals surface area contributed by atoms with Crippen molar-refractivity contribution in [2.24, 2.45) is 11.1 Å². The van der Waals surface area contributed by atoms with Crippen LogP contribution in [0.2, 0.25) is 5.31 Å². The van der Waals surface area contributed by atoms with Crippen LogP contribution in [0.25, 0.3) is 0 Å². The fourth-order valence-electron chi connectivity index (χ4n) is 3.08. The monoisotopic (exact) mass is 398 g/mol. The average Bonchev–Trinajstić information content (AvgIpc) is 2.45. The first kappa shape index (κ1) is 26.9. The fraction of sp³-hybridized carbons (Fsp3) is 0.900. The molecule has 3 N–H and O–H groups in total. The van der Waals surface area contributed by atoms with Gasteiger partial charge in [-0.1, -0.05) is 26.1 Å². The topological polar surface area (TPSA) is 99.9 Å². The maximum absolute atomic E-state index is 12.2. The molecule has 0 saturated carbocycles. The summed E-state index contributed by atoms with van der Waals surface area (Å²) in [5.41, 5.74) is 4.42. The van der Waals surface area contributed by atoms with E-state index in [1.165, 1.54) is 0 Å². The number of carbonyl (C=O) groups is 2. The first-order chi connectivity index (χ1) is 12.8. The van der Waals surface area contributed by atoms with Crippen LogP contribution >= 0.6 is 0 Å². The number of esters is 1. The van der Waals surface area contributed by atoms with Gasteiger partial charge in [0.05, 0.1) is 40.7 Å². The largest absolute Gasteiger partial charge is 0.460 e. The van der Waals surface area contributed by atoms with Crippen LogP contribution < -0.4 is 11.1 Å². The number of amides is 1. The number of rotatable bonds is 14. The molecule has 1 unspecified atom stereocenters. The zero-order chi connectivity index (χ0) is 21.8. The Kier molecular flexibility index (Phi) is 12.0. The second-order valence-corrected chi connectivity index (χ2v) is 9.30. The Morgan fingerprint density at radius 2 is 1.50 bits per heavy atom. The van der Waals surface area contributed by atoms with E-state index in [1.807, 2.05) is 41.5 Å². The molecule has 0 aromatic heterocycles. The van der Waals surface area contributed by atoms with Gasteiger partial charge in [-0.15, -0.1) is 0 Å². The average molecular weight is 398 g/mol. The van der Waals surface area contributed by atoms with Crippen molar-refractivity contribution in [1.29, 1.82) is 0 Å². The summed E-state index contributed by atoms with van der Waals surface area (Å²) in [6.07, 6.45) is 0.935. The molecule has 7 nitrogen and oxygen atoms in total. The molecule has 0 spiro atoms. The van der Waals surface area contributed by atoms with Crippen molar-refractivity contribution in [2.75, 3.05) is 39.5 Å². The van der Waals surface area contributed by atoms with Crippen LogP contribution in [0, 0.1) is 5.41 Å². The number of carbonyl (C=O) groups excluding carboxylic acids is 2. The van der Waals surface area contributed by atoms with E-state index < -0.39 is 10.9 Å². The van der Waals surface area contributed by atoms with Gasteiger partial charge in [-0.05, 0) is 32.6 Å². The van der Waals surface area contributed by atoms with Crippen molar-refractivity contribution < 1.29 is 23.8 Å². The minimum absolute atomic E-state index is 0.138. The highest BCUT2D eigenvalue weighted by Gasteiger charge is 2.33. The Hall–Kier alpha value is -1.12. The highest BCUT2D eigenvalue weighted by Crippen LogP contribution is 2.41. The SMILES string of the molecule is [B]C(C)(CC(=O)NCCOCCOCCN)CC(C)(C)CC(=O)OC(C)(C)C. The molecule has 0 aliphatic carbocycles. The maximum atomic E-state index is 12.2. The van der Waals surface area contributed by atoms with Crippen LogP contribution in [0.5, 0.6) is 0 Å². The zero-order valence-corrected chi connectivity index (χ0v) is 18.6. The molecule has 2 radical (unpaired) electrons. The van der Waals surface area contributed by atoms with E-state index in [1.54, 1.807) is 0 Å². The minimum atomic E-state index is -0.730. The lowest BCUT2D eigenvalue weighted by Crippen LogP contribution is -2.33. The smallest absolute Gasteiger partial charge is 0.306 e. The molecule has 0 rings (SSSR count). The van der Waals surface area contributed by atoms with Gasteiger partial charge in [-0.2, -0.15) is 0 Å². The number of hydrogen-bond donors (Lipinski definition) is 2. The summed E-state index contributed by atoms with van der Waals surface area (Å²) in [6.45, 7) is 14.0. The summed E-state index contributed by atoms with van der Waals surface area (Å²) in [5, 5.41) is 2.07. The van der Waals surface area contributed by atoms with Crippen molar-refractivity contribution in [1.82, 2.24) is 5.32 Å². The molecule has 1 atom stereocenters. The van der Waals surface area contributed by atoms with Gasteiger partial charge >= 0.3 is 5.97 Å². The molecule has 8 heteroatoms. The molecular formula is C20H39BN2O5. The van der Waals surface area contributed by atoms with Gasteiger partial charge in [0.15, 0.2) is 0 Å². The van der Waals surface area contributed by atoms with Gasteiger partial charge in [0.2, 0.25) is 5.91 Å². The number of hydrogen-bond acceptors (Lipinski definition) is 6. The molecular weight excluding hydrogens is 359 g/mol. The van der Waals surface area contributed by atoms with Crippen molar-refractivity contribution in [3.05, 3.63) is 0 Å². The fourth-order valence-corrected chi connectivity index (χ4v) is 3.08. The van der Waals surface area contributed by atoms with E-state index in [4.69, 9.17) is 27.8 Å². The summed E-state index contributed by atoms with van der Waals surface area (Å²) in [7, 11) is 6.33. The zero-order valence-electron chi connectivity index (χ0n) is 18.6. The molecule has 0 saturated heterocycles. The van der Waals surface area contributed by atoms with E-state index >= 15 is 0 Å². The Morgan fingerprint density at radius 1 is 0.929 bits per heavy atom. The molecule has 0 fully saturated rings. The van der Waals surface area contributed by atoms with Gasteiger partial charge in [-0.25, -0.2) is 0 Å². The number of nitrogens with two attached hydrogens (primary N) is 1. The van der Waals surface area contributed by atoms with Crippen molar-refractivity contribution >= 4 is 19.7 Å². The van der Waals surface area contributed by atoms with E-state index in [0.717, 1.165) is 0 Å². The first-order valence-electron chi connectivity index (χ1n) is 9.89. The van der Waals surface area contributed by atoms with Crippen LogP contribution in [-0.2, 0) is 23.8 Å². The van der Waals surface area contributed by atoms with E-state index in [9.17, 15) is 9.59 Å². The third kappa shape index (κ3) is 15.9. The molecule has 0 aromatic rings. The Bertz CT molecular complexity index is 476. The summed E-state index contributed by atoms with van der Waals surface area (Å²) in [6, 6.07) is 0. The predicted molar refractivity (Wildman–Crippen MR) is 111 cm³/mol. The van der Waals surface area contributed by atoms with E-state index in [-0.39, 0.29) is 30.1 Å². The normalized spacial score (nSPS) is 14.4. The van der Waals surface area contributed by atoms with Gasteiger partial charge < -0.3 is 25.3 Å². The lowest BCUT2D eigenvalue weighted by atomic mass is 9.59. The van der Waals surface area contributed by atoms with Gasteiger partial charge in [0.25, 0.3) is 0 Å². The number of ether oxygens (including phenoxy) is 3. The van der Waals surface area contributed by atoms with E-state index in [0.29, 0.717) is 45.9 Å². The van der Waals surface area contributed by atoms with Crippen molar-refractivity contribution in [3.63, 3.8) is 0 Å². The second kappa shape index (κ2) is 12.4. The molecule has 162 valence electrons. The summed E-state index contributed by atoms with van der Waals surface area (Å²) >= 11 is 0. The molecule has 28 heavy (non-hydrogen) atoms. The summed E-state index contributed by atoms with van der Waals surface area (Å²) in [5.74, 6) is -0.397. The molecule has 0 bridgehead atoms. The standard InChI is InChI=1S/C20H39BN2O5/c1-18(2,3)28-17(25)14-19(4,5)15-20(6,21)13-16(24)23-8-10-27-12-11-26-9-7-22/h7-15,22H2,1-6H3,(H,23,24). The quantitative estimate of drug-likeness (QED) is 0.264. The van der Waals surface area contributed by atoms with Crippen LogP contribution in [0.1, 0.15) is 60.8 Å². The maximum Gasteiger partial charge on any atom is 0.306 e. The van der Waals surface area contributed by atoms with E-state index in [2.05, 4.69) is 5.32 Å². The number of nitrogens with one attached hydrogen (secondary N) is 1. The highest BCUT2D eigenvalue weighted by atomic mass is 16.6. The van der Waals surface area contributed by atoms with Gasteiger partial charge in [-0.3, -0.25) is 9.59 Å². The van der Waals surface area contributed by atoms with Crippen LogP contribution in [0.4, 0.5) is 0 Å². The van der Waals surface area contributed by atoms with Gasteiger partial charge in [0, 0.05) is 19.5 Å². The first-order valence-corrected chi connectivity index (χ1v) is 9.89. The Morgan fingerprint density at radius 3 is 2.04 bits per heavy atom. The molecule has 1 amide bonds. The molecule has 0 aliphatic rings. The molecule has 0 aliphatic heterocycles. The summed E-state index contributed by atoms with van der Waals surface area (Å²) in [4.78, 5) is 24.2. The molecule has 0 heterocycles. The summed E-state index contributed by atoms with van der Waals surface area (Å²) < 4.78 is 15.9. The lowest BCUT2D eigenvalue weighted by Gasteiger charge is -2.35. The minimum Gasteiger partial charge on any atom is -0.460 e. The van der Waals surface area contributed by atoms with Crippen LogP contribution in [0.15, 0.2) is 0 Å². The third-order valence-electron chi connectivity index (χ3n) is 3.69. The Labute approximate surface area is 171 Å². The van der Waals surface area contributed by atoms with Gasteiger partial charge in [0.1, 0.15) is 5.60 Å². The Balaban J connectivity index is 4.18. The molecule has 0 aromatic carbocycles. The predicted octanol–water partition coefficient (Wildman–Crippen LogP) is 1.98. The lowest BCUT2D eigenvalue weighted by molar-refractivity contribution is -0.157. The van der Waals surface area contributed by atoms with Crippen LogP contribution in [-0.4, -0.2) is 64.8 Å².